The molecule has 2 saturated heterocycles. The molecule has 0 atom stereocenters. The zero-order valence-electron chi connectivity index (χ0n) is 21.1. The maximum atomic E-state index is 12.7. The van der Waals surface area contributed by atoms with Gasteiger partial charge in [0.05, 0.1) is 16.2 Å². The van der Waals surface area contributed by atoms with E-state index in [1.54, 1.807) is 23.5 Å². The van der Waals surface area contributed by atoms with Crippen molar-refractivity contribution in [2.75, 3.05) is 63.9 Å². The van der Waals surface area contributed by atoms with Gasteiger partial charge in [0.1, 0.15) is 11.3 Å². The molecule has 5 rings (SSSR count). The Morgan fingerprint density at radius 2 is 1.76 bits per heavy atom. The highest BCUT2D eigenvalue weighted by atomic mass is 32.2. The zero-order valence-corrected chi connectivity index (χ0v) is 22.7. The molecule has 1 amide bonds. The van der Waals surface area contributed by atoms with Crippen LogP contribution in [0.25, 0.3) is 10.2 Å². The fourth-order valence-electron chi connectivity index (χ4n) is 4.77. The number of para-hydroxylation sites is 1. The van der Waals surface area contributed by atoms with Crippen molar-refractivity contribution in [1.82, 2.24) is 19.5 Å². The Morgan fingerprint density at radius 3 is 2.46 bits per heavy atom. The number of sulfonamides is 1. The van der Waals surface area contributed by atoms with Crippen molar-refractivity contribution in [1.29, 1.82) is 0 Å². The number of aromatic nitrogens is 1. The van der Waals surface area contributed by atoms with Crippen LogP contribution in [-0.4, -0.2) is 87.5 Å². The van der Waals surface area contributed by atoms with Crippen molar-refractivity contribution in [3.05, 3.63) is 48.0 Å². The summed E-state index contributed by atoms with van der Waals surface area (Å²) in [6.45, 7) is 8.57. The predicted octanol–water partition coefficient (Wildman–Crippen LogP) is 3.03. The topological polar surface area (TPSA) is 95.1 Å². The van der Waals surface area contributed by atoms with Crippen molar-refractivity contribution >= 4 is 42.6 Å². The van der Waals surface area contributed by atoms with Gasteiger partial charge in [0.25, 0.3) is 5.91 Å². The molecule has 2 aromatic carbocycles. The molecule has 11 heteroatoms. The van der Waals surface area contributed by atoms with Gasteiger partial charge in [-0.3, -0.25) is 9.69 Å². The monoisotopic (exact) mass is 543 g/mol. The number of nitrogens with zero attached hydrogens (tertiary/aromatic N) is 4. The standard InChI is InChI=1S/C26H33N5O4S2/c1-2-35-22-6-5-7-23-24(22)28-26(36-23)30-18-16-29(17-19-30)15-12-27-25(32)20-8-10-21(11-9-20)37(33,34)31-13-3-4-14-31/h5-11H,2-4,12-19H2,1H3,(H,27,32). The number of carbonyl (C=O) groups is 1. The largest absolute Gasteiger partial charge is 0.492 e. The molecule has 0 radical (unpaired) electrons. The van der Waals surface area contributed by atoms with Crippen molar-refractivity contribution in [3.8, 4) is 5.75 Å². The number of piperazine rings is 1. The van der Waals surface area contributed by atoms with Gasteiger partial charge in [-0.25, -0.2) is 13.4 Å². The van der Waals surface area contributed by atoms with E-state index in [9.17, 15) is 13.2 Å². The van der Waals surface area contributed by atoms with E-state index in [4.69, 9.17) is 9.72 Å². The second-order valence-corrected chi connectivity index (χ2v) is 12.2. The normalized spacial score (nSPS) is 17.4. The van der Waals surface area contributed by atoms with Gasteiger partial charge in [-0.15, -0.1) is 0 Å². The van der Waals surface area contributed by atoms with Crippen molar-refractivity contribution in [3.63, 3.8) is 0 Å². The summed E-state index contributed by atoms with van der Waals surface area (Å²) in [7, 11) is -3.47. The Hall–Kier alpha value is -2.73. The summed E-state index contributed by atoms with van der Waals surface area (Å²) in [5.41, 5.74) is 1.39. The van der Waals surface area contributed by atoms with Gasteiger partial charge in [0.15, 0.2) is 5.13 Å². The van der Waals surface area contributed by atoms with E-state index in [1.165, 1.54) is 16.4 Å². The molecular weight excluding hydrogens is 510 g/mol. The van der Waals surface area contributed by atoms with Crippen LogP contribution in [-0.2, 0) is 10.0 Å². The molecule has 2 fully saturated rings. The molecule has 1 aromatic heterocycles. The minimum absolute atomic E-state index is 0.191. The molecule has 0 saturated carbocycles. The minimum atomic E-state index is -3.47. The molecular formula is C26H33N5O4S2. The number of ether oxygens (including phenoxy) is 1. The van der Waals surface area contributed by atoms with Crippen LogP contribution in [0.5, 0.6) is 5.75 Å². The van der Waals surface area contributed by atoms with E-state index in [-0.39, 0.29) is 10.8 Å². The summed E-state index contributed by atoms with van der Waals surface area (Å²) in [4.78, 5) is 22.3. The highest BCUT2D eigenvalue weighted by Gasteiger charge is 2.27. The van der Waals surface area contributed by atoms with Crippen LogP contribution in [0.15, 0.2) is 47.4 Å². The van der Waals surface area contributed by atoms with Crippen molar-refractivity contribution in [2.24, 2.45) is 0 Å². The number of nitrogens with one attached hydrogen (secondary N) is 1. The van der Waals surface area contributed by atoms with Gasteiger partial charge in [-0.2, -0.15) is 4.31 Å². The first-order valence-electron chi connectivity index (χ1n) is 12.8. The Bertz CT molecular complexity index is 1330. The molecule has 2 aliphatic rings. The van der Waals surface area contributed by atoms with Gasteiger partial charge < -0.3 is 15.0 Å². The summed E-state index contributed by atoms with van der Waals surface area (Å²) in [5.74, 6) is 0.642. The lowest BCUT2D eigenvalue weighted by Crippen LogP contribution is -2.48. The van der Waals surface area contributed by atoms with E-state index < -0.39 is 10.0 Å². The number of amides is 1. The lowest BCUT2D eigenvalue weighted by molar-refractivity contribution is 0.0947. The molecule has 3 heterocycles. The van der Waals surface area contributed by atoms with Crippen molar-refractivity contribution < 1.29 is 17.9 Å². The number of fused-ring (bicyclic) bond motifs is 1. The van der Waals surface area contributed by atoms with Gasteiger partial charge in [-0.1, -0.05) is 17.4 Å². The maximum absolute atomic E-state index is 12.7. The molecule has 3 aromatic rings. The average molecular weight is 544 g/mol. The number of rotatable bonds is 9. The van der Waals surface area contributed by atoms with E-state index in [0.29, 0.717) is 31.8 Å². The zero-order chi connectivity index (χ0) is 25.8. The third kappa shape index (κ3) is 5.74. The Balaban J connectivity index is 1.09. The molecule has 2 aliphatic heterocycles. The van der Waals surface area contributed by atoms with Crippen LogP contribution in [0.3, 0.4) is 0 Å². The van der Waals surface area contributed by atoms with Gasteiger partial charge in [-0.05, 0) is 56.2 Å². The van der Waals surface area contributed by atoms with Crippen LogP contribution in [0.2, 0.25) is 0 Å². The number of anilines is 1. The van der Waals surface area contributed by atoms with Gasteiger partial charge >= 0.3 is 0 Å². The van der Waals surface area contributed by atoms with Crippen LogP contribution in [0, 0.1) is 0 Å². The third-order valence-corrected chi connectivity index (χ3v) is 9.84. The molecule has 0 spiro atoms. The molecule has 0 unspecified atom stereocenters. The van der Waals surface area contributed by atoms with E-state index in [1.807, 2.05) is 19.1 Å². The summed E-state index contributed by atoms with van der Waals surface area (Å²) >= 11 is 1.69. The first kappa shape index (κ1) is 25.9. The summed E-state index contributed by atoms with van der Waals surface area (Å²) in [6, 6.07) is 12.3. The molecule has 0 bridgehead atoms. The predicted molar refractivity (Wildman–Crippen MR) is 146 cm³/mol. The van der Waals surface area contributed by atoms with Crippen LogP contribution in [0.1, 0.15) is 30.1 Å². The molecule has 37 heavy (non-hydrogen) atoms. The lowest BCUT2D eigenvalue weighted by atomic mass is 10.2. The maximum Gasteiger partial charge on any atom is 0.251 e. The minimum Gasteiger partial charge on any atom is -0.492 e. The highest BCUT2D eigenvalue weighted by molar-refractivity contribution is 7.89. The highest BCUT2D eigenvalue weighted by Crippen LogP contribution is 2.34. The Morgan fingerprint density at radius 1 is 1.03 bits per heavy atom. The van der Waals surface area contributed by atoms with Crippen molar-refractivity contribution in [2.45, 2.75) is 24.7 Å². The number of carbonyl (C=O) groups excluding carboxylic acids is 1. The SMILES string of the molecule is CCOc1cccc2sc(N3CCN(CCNC(=O)c4ccc(S(=O)(=O)N5CCCC5)cc4)CC3)nc12. The summed E-state index contributed by atoms with van der Waals surface area (Å²) in [5, 5.41) is 3.98. The average Bonchev–Trinajstić information content (AvgIpc) is 3.61. The van der Waals surface area contributed by atoms with Crippen LogP contribution < -0.4 is 15.0 Å². The molecule has 198 valence electrons. The third-order valence-electron chi connectivity index (χ3n) is 6.85. The molecule has 9 nitrogen and oxygen atoms in total. The number of hydrogen-bond acceptors (Lipinski definition) is 8. The van der Waals surface area contributed by atoms with E-state index in [2.05, 4.69) is 21.2 Å². The number of hydrogen-bond donors (Lipinski definition) is 1. The number of thiazole rings is 1. The smallest absolute Gasteiger partial charge is 0.251 e. The second-order valence-electron chi connectivity index (χ2n) is 9.25. The van der Waals surface area contributed by atoms with E-state index in [0.717, 1.165) is 66.7 Å². The Kier molecular flexibility index (Phi) is 7.94. The number of benzene rings is 2. The summed E-state index contributed by atoms with van der Waals surface area (Å²) < 4.78 is 33.7. The van der Waals surface area contributed by atoms with Crippen LogP contribution in [0.4, 0.5) is 5.13 Å². The molecule has 1 N–H and O–H groups in total. The summed E-state index contributed by atoms with van der Waals surface area (Å²) in [6.07, 6.45) is 1.79. The molecule has 0 aliphatic carbocycles. The van der Waals surface area contributed by atoms with E-state index >= 15 is 0 Å². The second kappa shape index (κ2) is 11.3. The Labute approximate surface area is 222 Å². The van der Waals surface area contributed by atoms with Crippen LogP contribution >= 0.6 is 11.3 Å². The first-order chi connectivity index (χ1) is 18.0. The quantitative estimate of drug-likeness (QED) is 0.443. The fraction of sp³-hybridized carbons (Fsp3) is 0.462. The first-order valence-corrected chi connectivity index (χ1v) is 15.1. The fourth-order valence-corrected chi connectivity index (χ4v) is 7.32. The van der Waals surface area contributed by atoms with Gasteiger partial charge in [0, 0.05) is 57.9 Å². The van der Waals surface area contributed by atoms with Gasteiger partial charge in [0.2, 0.25) is 10.0 Å². The lowest BCUT2D eigenvalue weighted by Gasteiger charge is -2.34.